The van der Waals surface area contributed by atoms with Gasteiger partial charge >= 0.3 is 284 Å². The maximum absolute atomic E-state index is 5.70. The third-order valence-corrected chi connectivity index (χ3v) is 16.2. The van der Waals surface area contributed by atoms with E-state index in [4.69, 9.17) is 28.4 Å². The Balaban J connectivity index is 1.34. The molecule has 0 bridgehead atoms. The molecule has 18 heteroatoms. The molecule has 0 aliphatic heterocycles. The van der Waals surface area contributed by atoms with Crippen LogP contribution in [0.15, 0.2) is 48.5 Å². The van der Waals surface area contributed by atoms with Gasteiger partial charge in [-0.3, -0.25) is 0 Å². The molecule has 298 valence electrons. The molecule has 0 aliphatic rings. The van der Waals surface area contributed by atoms with Crippen LogP contribution in [-0.4, -0.2) is 134 Å². The second-order valence-electron chi connectivity index (χ2n) is 13.4. The first-order valence-corrected chi connectivity index (χ1v) is 23.9. The first kappa shape index (κ1) is 43.7. The van der Waals surface area contributed by atoms with Crippen molar-refractivity contribution < 1.29 is 28.4 Å². The molecule has 0 saturated heterocycles. The van der Waals surface area contributed by atoms with Crippen molar-refractivity contribution in [2.75, 3.05) is 53.3 Å². The molecule has 0 aliphatic carbocycles. The Morgan fingerprint density at radius 3 is 1.19 bits per heavy atom. The van der Waals surface area contributed by atoms with E-state index in [2.05, 4.69) is 118 Å². The number of tetrazole rings is 2. The van der Waals surface area contributed by atoms with Crippen molar-refractivity contribution in [1.82, 2.24) is 40.4 Å². The van der Waals surface area contributed by atoms with Gasteiger partial charge in [-0.15, -0.1) is 0 Å². The van der Waals surface area contributed by atoms with E-state index in [-0.39, 0.29) is 48.7 Å². The summed E-state index contributed by atoms with van der Waals surface area (Å²) in [5, 5.41) is 32.7. The standard InChI is InChI=1S/C36H56N10O6Se2/c1-23(2)33(35-39-41-43-45(35)21-27(47-5)19-31(49-7)50-8)37-25-11-15-29(16-12-25)53-54-30-17-13-26(14-18-30)38-34(24(3)4)36-40-42-44-46(36)22-28(48-6)20-32(51-9)52-10/h11-18,23-24,27-28,31-34,37-38H,19-22H2,1-10H3. The molecule has 2 heterocycles. The Kier molecular flexibility index (Phi) is 18.2. The van der Waals surface area contributed by atoms with Crippen LogP contribution in [0.5, 0.6) is 0 Å². The number of ether oxygens (including phenoxy) is 6. The average molecular weight is 883 g/mol. The van der Waals surface area contributed by atoms with Crippen LogP contribution in [0.25, 0.3) is 0 Å². The molecule has 0 fully saturated rings. The van der Waals surface area contributed by atoms with Crippen LogP contribution >= 0.6 is 0 Å². The Morgan fingerprint density at radius 1 is 0.537 bits per heavy atom. The summed E-state index contributed by atoms with van der Waals surface area (Å²) >= 11 is 0.648. The summed E-state index contributed by atoms with van der Waals surface area (Å²) in [7, 11) is 9.82. The normalized spacial score (nSPS) is 14.3. The molecule has 0 radical (unpaired) electrons. The molecular weight excluding hydrogens is 826 g/mol. The van der Waals surface area contributed by atoms with E-state index in [0.29, 0.717) is 52.2 Å². The third-order valence-electron chi connectivity index (χ3n) is 8.98. The molecule has 54 heavy (non-hydrogen) atoms. The van der Waals surface area contributed by atoms with Gasteiger partial charge in [0.05, 0.1) is 0 Å². The average Bonchev–Trinajstić information content (AvgIpc) is 3.85. The van der Waals surface area contributed by atoms with Gasteiger partial charge in [-0.1, -0.05) is 0 Å². The topological polar surface area (TPSA) is 167 Å². The van der Waals surface area contributed by atoms with Gasteiger partial charge in [-0.2, -0.15) is 0 Å². The summed E-state index contributed by atoms with van der Waals surface area (Å²) < 4.78 is 39.2. The van der Waals surface area contributed by atoms with Crippen molar-refractivity contribution in [3.63, 3.8) is 0 Å². The molecule has 2 aromatic carbocycles. The summed E-state index contributed by atoms with van der Waals surface area (Å²) in [4.78, 5) is 0. The van der Waals surface area contributed by atoms with Gasteiger partial charge in [-0.05, 0) is 0 Å². The fourth-order valence-electron chi connectivity index (χ4n) is 5.74. The number of methoxy groups -OCH3 is 6. The van der Waals surface area contributed by atoms with Gasteiger partial charge in [0, 0.05) is 28.4 Å². The van der Waals surface area contributed by atoms with Crippen LogP contribution < -0.4 is 19.6 Å². The number of nitrogens with one attached hydrogen (secondary N) is 2. The molecule has 2 N–H and O–H groups in total. The van der Waals surface area contributed by atoms with Crippen molar-refractivity contribution in [2.45, 2.75) is 90.5 Å². The van der Waals surface area contributed by atoms with E-state index >= 15 is 0 Å². The first-order chi connectivity index (χ1) is 26.1. The summed E-state index contributed by atoms with van der Waals surface area (Å²) in [6, 6.07) is 17.2. The number of hydrogen-bond acceptors (Lipinski definition) is 14. The van der Waals surface area contributed by atoms with Crippen molar-refractivity contribution in [3.05, 3.63) is 60.2 Å². The Hall–Kier alpha value is -3.02. The summed E-state index contributed by atoms with van der Waals surface area (Å²) in [5.74, 6) is 1.97. The predicted octanol–water partition coefficient (Wildman–Crippen LogP) is 2.60. The van der Waals surface area contributed by atoms with E-state index in [9.17, 15) is 0 Å². The van der Waals surface area contributed by atoms with Gasteiger partial charge in [0.1, 0.15) is 0 Å². The van der Waals surface area contributed by atoms with Gasteiger partial charge in [0.25, 0.3) is 0 Å². The fraction of sp³-hybridized carbons (Fsp3) is 0.611. The molecule has 2 aromatic heterocycles. The van der Waals surface area contributed by atoms with Crippen LogP contribution in [0.1, 0.15) is 64.3 Å². The van der Waals surface area contributed by atoms with Crippen LogP contribution in [0.3, 0.4) is 0 Å². The van der Waals surface area contributed by atoms with Gasteiger partial charge < -0.3 is 18.9 Å². The first-order valence-electron chi connectivity index (χ1n) is 17.9. The maximum atomic E-state index is 5.70. The second kappa shape index (κ2) is 22.5. The molecule has 0 spiro atoms. The molecule has 16 nitrogen and oxygen atoms in total. The number of nitrogens with zero attached hydrogens (tertiary/aromatic N) is 8. The van der Waals surface area contributed by atoms with E-state index in [1.807, 2.05) is 0 Å². The zero-order valence-corrected chi connectivity index (χ0v) is 36.3. The van der Waals surface area contributed by atoms with Crippen molar-refractivity contribution in [2.24, 2.45) is 11.8 Å². The van der Waals surface area contributed by atoms with Crippen LogP contribution in [0, 0.1) is 11.8 Å². The van der Waals surface area contributed by atoms with E-state index in [1.54, 1.807) is 52.0 Å². The number of benzene rings is 2. The van der Waals surface area contributed by atoms with E-state index in [0.717, 1.165) is 23.0 Å². The van der Waals surface area contributed by atoms with E-state index < -0.39 is 0 Å². The molecule has 0 amide bonds. The van der Waals surface area contributed by atoms with Gasteiger partial charge in [0.2, 0.25) is 0 Å². The van der Waals surface area contributed by atoms with Gasteiger partial charge in [0.15, 0.2) is 0 Å². The molecule has 4 unspecified atom stereocenters. The summed E-state index contributed by atoms with van der Waals surface area (Å²) in [6.45, 7) is 9.58. The minimum absolute atomic E-state index is 0.0967. The van der Waals surface area contributed by atoms with Crippen molar-refractivity contribution >= 4 is 46.6 Å². The molecule has 4 aromatic rings. The van der Waals surface area contributed by atoms with E-state index in [1.165, 1.54) is 8.92 Å². The van der Waals surface area contributed by atoms with Crippen molar-refractivity contribution in [3.8, 4) is 0 Å². The Morgan fingerprint density at radius 2 is 0.889 bits per heavy atom. The minimum atomic E-state index is -0.370. The number of anilines is 2. The van der Waals surface area contributed by atoms with Crippen LogP contribution in [0.2, 0.25) is 0 Å². The molecular formula is C36H56N10O6Se2. The molecule has 4 atom stereocenters. The molecule has 0 saturated carbocycles. The Bertz CT molecular complexity index is 1500. The van der Waals surface area contributed by atoms with Crippen LogP contribution in [-0.2, 0) is 41.5 Å². The predicted molar refractivity (Wildman–Crippen MR) is 208 cm³/mol. The van der Waals surface area contributed by atoms with Gasteiger partial charge in [-0.25, -0.2) is 0 Å². The number of rotatable bonds is 25. The number of hydrogen-bond donors (Lipinski definition) is 2. The van der Waals surface area contributed by atoms with Crippen molar-refractivity contribution in [1.29, 1.82) is 0 Å². The zero-order valence-electron chi connectivity index (χ0n) is 32.9. The zero-order chi connectivity index (χ0) is 39.0. The number of aromatic nitrogens is 8. The third kappa shape index (κ3) is 12.8. The quantitative estimate of drug-likeness (QED) is 0.0737. The summed E-state index contributed by atoms with van der Waals surface area (Å²) in [5.41, 5.74) is 2.04. The fourth-order valence-corrected chi connectivity index (χ4v) is 11.7. The monoisotopic (exact) mass is 884 g/mol. The van der Waals surface area contributed by atoms with Crippen LogP contribution in [0.4, 0.5) is 11.4 Å². The molecule has 4 rings (SSSR count). The SMILES string of the molecule is COC(CC(OC)OC)Cn1nnnc1C(Nc1ccc([Se][Se]c2ccc(NC(c3nnnn3CC(CC(OC)OC)OC)C(C)C)cc2)cc1)C(C)C. The summed E-state index contributed by atoms with van der Waals surface area (Å²) in [6.07, 6.45) is 0.00708. The second-order valence-corrected chi connectivity index (χ2v) is 19.7. The Labute approximate surface area is 329 Å².